The molecule has 32 heavy (non-hydrogen) atoms. The van der Waals surface area contributed by atoms with Crippen molar-refractivity contribution in [2.45, 2.75) is 13.5 Å². The van der Waals surface area contributed by atoms with E-state index in [0.717, 1.165) is 41.5 Å². The third-order valence-corrected chi connectivity index (χ3v) is 5.57. The molecule has 0 saturated carbocycles. The van der Waals surface area contributed by atoms with Crippen molar-refractivity contribution in [1.29, 1.82) is 0 Å². The molecule has 2 heterocycles. The molecule has 0 bridgehead atoms. The van der Waals surface area contributed by atoms with E-state index in [0.29, 0.717) is 25.5 Å². The average molecular weight is 437 g/mol. The molecule has 1 saturated heterocycles. The van der Waals surface area contributed by atoms with Crippen LogP contribution in [0, 0.1) is 6.92 Å². The fourth-order valence-electron chi connectivity index (χ4n) is 3.81. The van der Waals surface area contributed by atoms with E-state index < -0.39 is 0 Å². The number of amides is 2. The lowest BCUT2D eigenvalue weighted by atomic mass is 10.2. The first-order valence-electron chi connectivity index (χ1n) is 10.6. The third-order valence-electron chi connectivity index (χ3n) is 5.57. The summed E-state index contributed by atoms with van der Waals surface area (Å²) in [6, 6.07) is 13.7. The van der Waals surface area contributed by atoms with Crippen LogP contribution in [0.3, 0.4) is 0 Å². The van der Waals surface area contributed by atoms with Gasteiger partial charge in [-0.15, -0.1) is 0 Å². The molecule has 9 heteroatoms. The lowest BCUT2D eigenvalue weighted by molar-refractivity contribution is 0.194. The zero-order chi connectivity index (χ0) is 22.5. The number of benzene rings is 2. The van der Waals surface area contributed by atoms with Gasteiger partial charge in [-0.05, 0) is 25.1 Å². The van der Waals surface area contributed by atoms with Gasteiger partial charge in [0.05, 0.1) is 14.2 Å². The Morgan fingerprint density at radius 1 is 1.03 bits per heavy atom. The molecule has 0 radical (unpaired) electrons. The Morgan fingerprint density at radius 2 is 1.78 bits per heavy atom. The highest BCUT2D eigenvalue weighted by molar-refractivity contribution is 5.74. The van der Waals surface area contributed by atoms with Crippen molar-refractivity contribution in [1.82, 2.24) is 25.0 Å². The summed E-state index contributed by atoms with van der Waals surface area (Å²) in [5.41, 5.74) is 2.85. The summed E-state index contributed by atoms with van der Waals surface area (Å²) in [5.74, 6) is 2.21. The van der Waals surface area contributed by atoms with Crippen molar-refractivity contribution in [3.8, 4) is 17.2 Å². The number of anilines is 1. The number of piperazine rings is 1. The number of aryl methyl sites for hydroxylation is 1. The van der Waals surface area contributed by atoms with Crippen molar-refractivity contribution in [3.63, 3.8) is 0 Å². The molecule has 1 N–H and O–H groups in total. The Labute approximate surface area is 187 Å². The van der Waals surface area contributed by atoms with Crippen molar-refractivity contribution in [2.24, 2.45) is 0 Å². The average Bonchev–Trinajstić information content (AvgIpc) is 3.28. The molecule has 4 rings (SSSR count). The van der Waals surface area contributed by atoms with Crippen molar-refractivity contribution in [3.05, 3.63) is 60.2 Å². The van der Waals surface area contributed by atoms with E-state index in [1.54, 1.807) is 25.2 Å². The molecule has 1 fully saturated rings. The summed E-state index contributed by atoms with van der Waals surface area (Å²) in [5, 5.41) is 7.36. The van der Waals surface area contributed by atoms with Gasteiger partial charge in [0.25, 0.3) is 0 Å². The Hall–Kier alpha value is -3.75. The van der Waals surface area contributed by atoms with E-state index in [1.165, 1.54) is 0 Å². The molecule has 3 aromatic rings. The Morgan fingerprint density at radius 3 is 2.47 bits per heavy atom. The van der Waals surface area contributed by atoms with Gasteiger partial charge in [-0.3, -0.25) is 0 Å². The minimum atomic E-state index is -0.0648. The second kappa shape index (κ2) is 9.59. The van der Waals surface area contributed by atoms with Crippen LogP contribution in [0.5, 0.6) is 11.5 Å². The number of para-hydroxylation sites is 1. The van der Waals surface area contributed by atoms with Crippen LogP contribution in [0.4, 0.5) is 10.5 Å². The minimum Gasteiger partial charge on any atom is -0.496 e. The highest BCUT2D eigenvalue weighted by Crippen LogP contribution is 2.29. The van der Waals surface area contributed by atoms with Gasteiger partial charge in [0.1, 0.15) is 29.3 Å². The molecule has 168 valence electrons. The molecule has 0 atom stereocenters. The maximum Gasteiger partial charge on any atom is 0.317 e. The molecule has 0 unspecified atom stereocenters. The Balaban J connectivity index is 1.35. The number of carbonyl (C=O) groups excluding carboxylic acids is 1. The number of nitrogens with zero attached hydrogens (tertiary/aromatic N) is 5. The Kier molecular flexibility index (Phi) is 6.44. The molecular weight excluding hydrogens is 408 g/mol. The van der Waals surface area contributed by atoms with Gasteiger partial charge in [0.2, 0.25) is 0 Å². The highest BCUT2D eigenvalue weighted by Gasteiger charge is 2.22. The normalized spacial score (nSPS) is 13.7. The van der Waals surface area contributed by atoms with Crippen molar-refractivity contribution in [2.75, 3.05) is 45.3 Å². The lowest BCUT2D eigenvalue weighted by Crippen LogP contribution is -2.51. The first kappa shape index (κ1) is 21.5. The van der Waals surface area contributed by atoms with Gasteiger partial charge in [-0.2, -0.15) is 5.10 Å². The summed E-state index contributed by atoms with van der Waals surface area (Å²) in [6.45, 7) is 5.06. The monoisotopic (exact) mass is 436 g/mol. The minimum absolute atomic E-state index is 0.0648. The van der Waals surface area contributed by atoms with Crippen LogP contribution in [-0.4, -0.2) is 66.1 Å². The fourth-order valence-corrected chi connectivity index (χ4v) is 3.81. The number of methoxy groups -OCH3 is 2. The van der Waals surface area contributed by atoms with E-state index in [9.17, 15) is 4.79 Å². The smallest absolute Gasteiger partial charge is 0.317 e. The molecule has 9 nitrogen and oxygen atoms in total. The molecule has 1 aliphatic heterocycles. The number of hydrogen-bond acceptors (Lipinski definition) is 6. The van der Waals surface area contributed by atoms with Crippen molar-refractivity contribution >= 4 is 11.7 Å². The number of ether oxygens (including phenoxy) is 2. The summed E-state index contributed by atoms with van der Waals surface area (Å²) in [4.78, 5) is 20.9. The van der Waals surface area contributed by atoms with Crippen LogP contribution in [0.15, 0.2) is 48.8 Å². The van der Waals surface area contributed by atoms with E-state index >= 15 is 0 Å². The zero-order valence-electron chi connectivity index (χ0n) is 18.6. The predicted molar refractivity (Wildman–Crippen MR) is 122 cm³/mol. The number of hydrogen-bond donors (Lipinski definition) is 1. The van der Waals surface area contributed by atoms with E-state index in [2.05, 4.69) is 20.3 Å². The predicted octanol–water partition coefficient (Wildman–Crippen LogP) is 2.62. The van der Waals surface area contributed by atoms with Crippen LogP contribution in [0.1, 0.15) is 11.4 Å². The molecule has 2 amide bonds. The van der Waals surface area contributed by atoms with Gasteiger partial charge in [-0.25, -0.2) is 14.5 Å². The second-order valence-corrected chi connectivity index (χ2v) is 7.54. The van der Waals surface area contributed by atoms with Gasteiger partial charge >= 0.3 is 6.03 Å². The van der Waals surface area contributed by atoms with Crippen LogP contribution in [-0.2, 0) is 6.54 Å². The maximum absolute atomic E-state index is 12.6. The largest absolute Gasteiger partial charge is 0.496 e. The van der Waals surface area contributed by atoms with Crippen LogP contribution in [0.2, 0.25) is 0 Å². The standard InChI is InChI=1S/C23H28N6O3/c1-17-25-16-29(26-17)20-9-8-19(14-22(20)32-3)27-10-12-28(13-11-27)23(30)24-15-18-6-4-5-7-21(18)31-2/h4-9,14,16H,10-13,15H2,1-3H3,(H,24,30). The summed E-state index contributed by atoms with van der Waals surface area (Å²) in [7, 11) is 3.28. The fraction of sp³-hybridized carbons (Fsp3) is 0.348. The zero-order valence-corrected chi connectivity index (χ0v) is 18.6. The van der Waals surface area contributed by atoms with E-state index in [1.807, 2.05) is 54.3 Å². The number of urea groups is 1. The second-order valence-electron chi connectivity index (χ2n) is 7.54. The lowest BCUT2D eigenvalue weighted by Gasteiger charge is -2.36. The van der Waals surface area contributed by atoms with Gasteiger partial charge in [0, 0.05) is 50.0 Å². The van der Waals surface area contributed by atoms with Gasteiger partial charge in [-0.1, -0.05) is 18.2 Å². The maximum atomic E-state index is 12.6. The van der Waals surface area contributed by atoms with Crippen LogP contribution in [0.25, 0.3) is 5.69 Å². The number of rotatable bonds is 6. The molecule has 1 aromatic heterocycles. The topological polar surface area (TPSA) is 84.8 Å². The van der Waals surface area contributed by atoms with E-state index in [4.69, 9.17) is 9.47 Å². The molecule has 1 aliphatic rings. The molecule has 0 spiro atoms. The molecule has 0 aliphatic carbocycles. The quantitative estimate of drug-likeness (QED) is 0.640. The van der Waals surface area contributed by atoms with E-state index in [-0.39, 0.29) is 6.03 Å². The molecule has 2 aromatic carbocycles. The summed E-state index contributed by atoms with van der Waals surface area (Å²) < 4.78 is 12.7. The molecular formula is C23H28N6O3. The first-order chi connectivity index (χ1) is 15.6. The van der Waals surface area contributed by atoms with Crippen molar-refractivity contribution < 1.29 is 14.3 Å². The van der Waals surface area contributed by atoms with Crippen LogP contribution >= 0.6 is 0 Å². The Bertz CT molecular complexity index is 1080. The number of nitrogens with one attached hydrogen (secondary N) is 1. The highest BCUT2D eigenvalue weighted by atomic mass is 16.5. The van der Waals surface area contributed by atoms with Crippen LogP contribution < -0.4 is 19.7 Å². The van der Waals surface area contributed by atoms with Gasteiger partial charge < -0.3 is 24.6 Å². The van der Waals surface area contributed by atoms with Gasteiger partial charge in [0.15, 0.2) is 0 Å². The first-order valence-corrected chi connectivity index (χ1v) is 10.6. The summed E-state index contributed by atoms with van der Waals surface area (Å²) >= 11 is 0. The summed E-state index contributed by atoms with van der Waals surface area (Å²) in [6.07, 6.45) is 1.68. The number of aromatic nitrogens is 3. The number of carbonyl (C=O) groups is 1. The third kappa shape index (κ3) is 4.61. The SMILES string of the molecule is COc1ccccc1CNC(=O)N1CCN(c2ccc(-n3cnc(C)n3)c(OC)c2)CC1.